The van der Waals surface area contributed by atoms with Gasteiger partial charge >= 0.3 is 0 Å². The van der Waals surface area contributed by atoms with Crippen LogP contribution in [0.1, 0.15) is 15.5 Å². The zero-order valence-corrected chi connectivity index (χ0v) is 11.4. The van der Waals surface area contributed by atoms with Crippen molar-refractivity contribution in [1.82, 2.24) is 4.98 Å². The Kier molecular flexibility index (Phi) is 4.47. The number of aromatic nitrogens is 1. The normalized spacial score (nSPS) is 10.5. The van der Waals surface area contributed by atoms with Crippen molar-refractivity contribution < 1.29 is 9.18 Å². The maximum atomic E-state index is 13.5. The molecule has 2 rings (SSSR count). The molecule has 1 aromatic heterocycles. The fraction of sp³-hybridized carbons (Fsp3) is 0.167. The zero-order valence-electron chi connectivity index (χ0n) is 9.82. The summed E-state index contributed by atoms with van der Waals surface area (Å²) in [4.78, 5) is 16.0. The number of carbonyl (C=O) groups excluding carboxylic acids is 1. The largest absolute Gasteiger partial charge is 0.330 e. The molecule has 100 valence electrons. The van der Waals surface area contributed by atoms with Crippen molar-refractivity contribution >= 4 is 34.5 Å². The number of benzene rings is 1. The van der Waals surface area contributed by atoms with Crippen molar-refractivity contribution in [3.63, 3.8) is 0 Å². The number of nitrogens with two attached hydrogens (primary N) is 1. The second kappa shape index (κ2) is 6.10. The fourth-order valence-corrected chi connectivity index (χ4v) is 2.40. The Hall–Kier alpha value is -1.50. The predicted molar refractivity (Wildman–Crippen MR) is 74.2 cm³/mol. The van der Waals surface area contributed by atoms with Gasteiger partial charge in [0.2, 0.25) is 0 Å². The highest BCUT2D eigenvalue weighted by Gasteiger charge is 2.13. The molecule has 0 unspecified atom stereocenters. The Morgan fingerprint density at radius 3 is 3.05 bits per heavy atom. The summed E-state index contributed by atoms with van der Waals surface area (Å²) in [6.07, 6.45) is 0.615. The molecule has 2 aromatic rings. The second-order valence-electron chi connectivity index (χ2n) is 3.74. The summed E-state index contributed by atoms with van der Waals surface area (Å²) in [5.74, 6) is -1.02. The van der Waals surface area contributed by atoms with E-state index in [1.165, 1.54) is 29.5 Å². The number of hydrogen-bond donors (Lipinski definition) is 2. The average Bonchev–Trinajstić information content (AvgIpc) is 2.83. The molecule has 0 atom stereocenters. The molecule has 1 aromatic carbocycles. The molecule has 1 amide bonds. The van der Waals surface area contributed by atoms with Gasteiger partial charge < -0.3 is 11.1 Å². The molecule has 19 heavy (non-hydrogen) atoms. The highest BCUT2D eigenvalue weighted by Crippen LogP contribution is 2.20. The van der Waals surface area contributed by atoms with E-state index in [0.717, 1.165) is 5.01 Å². The highest BCUT2D eigenvalue weighted by atomic mass is 35.5. The lowest BCUT2D eigenvalue weighted by atomic mass is 10.3. The molecule has 0 spiro atoms. The Bertz CT molecular complexity index is 602. The first-order valence-corrected chi connectivity index (χ1v) is 6.77. The third-order valence-electron chi connectivity index (χ3n) is 2.32. The molecule has 0 fully saturated rings. The molecule has 7 heteroatoms. The van der Waals surface area contributed by atoms with E-state index in [-0.39, 0.29) is 11.4 Å². The number of hydrogen-bond acceptors (Lipinski definition) is 4. The number of nitrogens with one attached hydrogen (secondary N) is 1. The highest BCUT2D eigenvalue weighted by molar-refractivity contribution is 7.09. The SMILES string of the molecule is NCCc1nc(C(=O)Nc2cc(Cl)ccc2F)cs1. The lowest BCUT2D eigenvalue weighted by molar-refractivity contribution is 0.102. The lowest BCUT2D eigenvalue weighted by Crippen LogP contribution is -2.13. The molecule has 0 aliphatic heterocycles. The van der Waals surface area contributed by atoms with Crippen LogP contribution in [-0.2, 0) is 6.42 Å². The van der Waals surface area contributed by atoms with Crippen LogP contribution in [0.15, 0.2) is 23.6 Å². The number of nitrogens with zero attached hydrogens (tertiary/aromatic N) is 1. The minimum atomic E-state index is -0.546. The maximum absolute atomic E-state index is 13.5. The molecular formula is C12H11ClFN3OS. The minimum absolute atomic E-state index is 0.0332. The lowest BCUT2D eigenvalue weighted by Gasteiger charge is -2.04. The van der Waals surface area contributed by atoms with Gasteiger partial charge in [0.05, 0.1) is 10.7 Å². The van der Waals surface area contributed by atoms with Crippen LogP contribution in [0.4, 0.5) is 10.1 Å². The van der Waals surface area contributed by atoms with E-state index in [0.29, 0.717) is 18.0 Å². The van der Waals surface area contributed by atoms with Crippen molar-refractivity contribution in [3.05, 3.63) is 45.1 Å². The van der Waals surface area contributed by atoms with Crippen molar-refractivity contribution in [2.45, 2.75) is 6.42 Å². The quantitative estimate of drug-likeness (QED) is 0.912. The molecule has 0 bridgehead atoms. The molecular weight excluding hydrogens is 289 g/mol. The summed E-state index contributed by atoms with van der Waals surface area (Å²) in [5, 5.41) is 5.17. The molecule has 0 saturated carbocycles. The van der Waals surface area contributed by atoms with Crippen molar-refractivity contribution in [1.29, 1.82) is 0 Å². The first kappa shape index (κ1) is 13.9. The monoisotopic (exact) mass is 299 g/mol. The van der Waals surface area contributed by atoms with E-state index in [4.69, 9.17) is 17.3 Å². The molecule has 1 heterocycles. The summed E-state index contributed by atoms with van der Waals surface area (Å²) in [6.45, 7) is 0.470. The third kappa shape index (κ3) is 3.50. The van der Waals surface area contributed by atoms with Crippen LogP contribution >= 0.6 is 22.9 Å². The number of amides is 1. The number of carbonyl (C=O) groups is 1. The van der Waals surface area contributed by atoms with Crippen LogP contribution in [-0.4, -0.2) is 17.4 Å². The Balaban J connectivity index is 2.13. The Labute approximate surface area is 118 Å². The van der Waals surface area contributed by atoms with Crippen LogP contribution in [0.2, 0.25) is 5.02 Å². The molecule has 0 radical (unpaired) electrons. The van der Waals surface area contributed by atoms with Gasteiger partial charge in [-0.2, -0.15) is 0 Å². The Morgan fingerprint density at radius 2 is 2.32 bits per heavy atom. The third-order valence-corrected chi connectivity index (χ3v) is 3.46. The topological polar surface area (TPSA) is 68.0 Å². The number of thiazole rings is 1. The van der Waals surface area contributed by atoms with Crippen molar-refractivity contribution in [2.24, 2.45) is 5.73 Å². The summed E-state index contributed by atoms with van der Waals surface area (Å²) in [6, 6.07) is 3.95. The van der Waals surface area contributed by atoms with Gasteiger partial charge in [0, 0.05) is 16.8 Å². The summed E-state index contributed by atoms with van der Waals surface area (Å²) >= 11 is 7.09. The van der Waals surface area contributed by atoms with Gasteiger partial charge in [0.25, 0.3) is 5.91 Å². The van der Waals surface area contributed by atoms with Crippen LogP contribution in [0.5, 0.6) is 0 Å². The van der Waals surface area contributed by atoms with E-state index >= 15 is 0 Å². The van der Waals surface area contributed by atoms with Gasteiger partial charge in [-0.3, -0.25) is 4.79 Å². The predicted octanol–water partition coefficient (Wildman–Crippen LogP) is 2.69. The summed E-state index contributed by atoms with van der Waals surface area (Å²) in [7, 11) is 0. The van der Waals surface area contributed by atoms with Crippen molar-refractivity contribution in [2.75, 3.05) is 11.9 Å². The summed E-state index contributed by atoms with van der Waals surface area (Å²) in [5.41, 5.74) is 5.68. The smallest absolute Gasteiger partial charge is 0.275 e. The van der Waals surface area contributed by atoms with Crippen LogP contribution in [0, 0.1) is 5.82 Å². The van der Waals surface area contributed by atoms with E-state index in [9.17, 15) is 9.18 Å². The zero-order chi connectivity index (χ0) is 13.8. The number of anilines is 1. The second-order valence-corrected chi connectivity index (χ2v) is 5.12. The van der Waals surface area contributed by atoms with Crippen molar-refractivity contribution in [3.8, 4) is 0 Å². The first-order chi connectivity index (χ1) is 9.10. The van der Waals surface area contributed by atoms with Crippen LogP contribution in [0.3, 0.4) is 0 Å². The van der Waals surface area contributed by atoms with E-state index < -0.39 is 11.7 Å². The average molecular weight is 300 g/mol. The first-order valence-electron chi connectivity index (χ1n) is 5.51. The number of halogens is 2. The molecule has 4 nitrogen and oxygen atoms in total. The molecule has 3 N–H and O–H groups in total. The molecule has 0 aliphatic carbocycles. The summed E-state index contributed by atoms with van der Waals surface area (Å²) < 4.78 is 13.5. The van der Waals surface area contributed by atoms with Crippen LogP contribution in [0.25, 0.3) is 0 Å². The maximum Gasteiger partial charge on any atom is 0.275 e. The van der Waals surface area contributed by atoms with Gasteiger partial charge in [-0.05, 0) is 24.7 Å². The Morgan fingerprint density at radius 1 is 1.53 bits per heavy atom. The van der Waals surface area contributed by atoms with Gasteiger partial charge in [0.1, 0.15) is 11.5 Å². The standard InChI is InChI=1S/C12H11ClFN3OS/c13-7-1-2-8(14)9(5-7)17-12(18)10-6-19-11(16-10)3-4-15/h1-2,5-6H,3-4,15H2,(H,17,18). The molecule has 0 saturated heterocycles. The van der Waals surface area contributed by atoms with E-state index in [1.54, 1.807) is 5.38 Å². The van der Waals surface area contributed by atoms with Gasteiger partial charge in [-0.15, -0.1) is 11.3 Å². The molecule has 0 aliphatic rings. The minimum Gasteiger partial charge on any atom is -0.330 e. The fourth-order valence-electron chi connectivity index (χ4n) is 1.43. The van der Waals surface area contributed by atoms with E-state index in [1.807, 2.05) is 0 Å². The van der Waals surface area contributed by atoms with Gasteiger partial charge in [-0.25, -0.2) is 9.37 Å². The van der Waals surface area contributed by atoms with Gasteiger partial charge in [0.15, 0.2) is 0 Å². The van der Waals surface area contributed by atoms with E-state index in [2.05, 4.69) is 10.3 Å². The number of rotatable bonds is 4. The van der Waals surface area contributed by atoms with Gasteiger partial charge in [-0.1, -0.05) is 11.6 Å². The van der Waals surface area contributed by atoms with Crippen LogP contribution < -0.4 is 11.1 Å².